The lowest BCUT2D eigenvalue weighted by atomic mass is 9.99. The molecule has 1 aliphatic rings. The Morgan fingerprint density at radius 3 is 2.45 bits per heavy atom. The van der Waals surface area contributed by atoms with E-state index in [4.69, 9.17) is 0 Å². The van der Waals surface area contributed by atoms with Gasteiger partial charge in [0, 0.05) is 10.5 Å². The molecule has 0 saturated carbocycles. The minimum Gasteiger partial charge on any atom is -0.279 e. The molecule has 0 saturated heterocycles. The lowest BCUT2D eigenvalue weighted by molar-refractivity contribution is 0.295. The molecular weight excluding hydrogens is 286 g/mol. The van der Waals surface area contributed by atoms with Gasteiger partial charge in [-0.3, -0.25) is 4.48 Å². The van der Waals surface area contributed by atoms with Gasteiger partial charge in [-0.1, -0.05) is 66.4 Å². The van der Waals surface area contributed by atoms with E-state index in [-0.39, 0.29) is 0 Å². The van der Waals surface area contributed by atoms with Crippen LogP contribution in [0.1, 0.15) is 18.5 Å². The summed E-state index contributed by atoms with van der Waals surface area (Å²) in [6.07, 6.45) is 0. The predicted molar refractivity (Wildman–Crippen MR) is 97.2 cm³/mol. The number of quaternary nitrogens is 1. The van der Waals surface area contributed by atoms with Gasteiger partial charge < -0.3 is 0 Å². The molecule has 0 N–H and O–H groups in total. The van der Waals surface area contributed by atoms with Crippen molar-refractivity contribution in [2.45, 2.75) is 17.9 Å². The second kappa shape index (κ2) is 5.15. The van der Waals surface area contributed by atoms with Crippen molar-refractivity contribution < 1.29 is 0 Å². The summed E-state index contributed by atoms with van der Waals surface area (Å²) in [5, 5.41) is 2.74. The van der Waals surface area contributed by atoms with Gasteiger partial charge in [0.15, 0.2) is 0 Å². The standard InChI is InChI=1S/C20H20NS/c1-15-18-13-12-16-8-6-7-11-19(16)20(18)22-14-21(15,2)17-9-4-3-5-10-17/h3-13,15H,14H2,1-2H3/q+1. The smallest absolute Gasteiger partial charge is 0.135 e. The van der Waals surface area contributed by atoms with Crippen LogP contribution in [0.5, 0.6) is 0 Å². The Labute approximate surface area is 136 Å². The topological polar surface area (TPSA) is 0 Å². The monoisotopic (exact) mass is 306 g/mol. The molecule has 0 aromatic heterocycles. The van der Waals surface area contributed by atoms with Gasteiger partial charge in [-0.25, -0.2) is 0 Å². The second-order valence-electron chi connectivity index (χ2n) is 6.26. The Morgan fingerprint density at radius 1 is 0.909 bits per heavy atom. The molecule has 1 heterocycles. The van der Waals surface area contributed by atoms with Crippen molar-refractivity contribution >= 4 is 28.2 Å². The van der Waals surface area contributed by atoms with E-state index < -0.39 is 0 Å². The molecule has 0 amide bonds. The van der Waals surface area contributed by atoms with E-state index in [9.17, 15) is 0 Å². The van der Waals surface area contributed by atoms with Crippen LogP contribution >= 0.6 is 11.8 Å². The summed E-state index contributed by atoms with van der Waals surface area (Å²) in [6.45, 7) is 2.36. The van der Waals surface area contributed by atoms with Crippen molar-refractivity contribution in [3.05, 3.63) is 72.3 Å². The number of nitrogens with zero attached hydrogens (tertiary/aromatic N) is 1. The third-order valence-electron chi connectivity index (χ3n) is 5.04. The number of hydrogen-bond acceptors (Lipinski definition) is 1. The minimum absolute atomic E-state index is 0.461. The van der Waals surface area contributed by atoms with E-state index in [1.54, 1.807) is 0 Å². The van der Waals surface area contributed by atoms with Crippen LogP contribution in [0.4, 0.5) is 5.69 Å². The van der Waals surface area contributed by atoms with Crippen LogP contribution in [0, 0.1) is 0 Å². The van der Waals surface area contributed by atoms with E-state index in [0.717, 1.165) is 10.4 Å². The van der Waals surface area contributed by atoms with Crippen molar-refractivity contribution in [2.75, 3.05) is 12.9 Å². The average molecular weight is 306 g/mol. The molecule has 22 heavy (non-hydrogen) atoms. The van der Waals surface area contributed by atoms with Crippen molar-refractivity contribution in [3.8, 4) is 0 Å². The summed E-state index contributed by atoms with van der Waals surface area (Å²) in [6, 6.07) is 24.7. The number of para-hydroxylation sites is 1. The molecule has 110 valence electrons. The van der Waals surface area contributed by atoms with Gasteiger partial charge in [0.05, 0.1) is 7.05 Å². The zero-order valence-corrected chi connectivity index (χ0v) is 13.8. The fraction of sp³-hybridized carbons (Fsp3) is 0.200. The molecule has 3 aromatic carbocycles. The van der Waals surface area contributed by atoms with Crippen LogP contribution in [0.15, 0.2) is 71.6 Å². The quantitative estimate of drug-likeness (QED) is 0.527. The maximum Gasteiger partial charge on any atom is 0.135 e. The highest BCUT2D eigenvalue weighted by molar-refractivity contribution is 7.99. The first-order chi connectivity index (χ1) is 10.7. The zero-order valence-electron chi connectivity index (χ0n) is 13.0. The lowest BCUT2D eigenvalue weighted by Gasteiger charge is -2.43. The van der Waals surface area contributed by atoms with Crippen LogP contribution in [-0.2, 0) is 0 Å². The molecule has 0 radical (unpaired) electrons. The number of fused-ring (bicyclic) bond motifs is 3. The summed E-state index contributed by atoms with van der Waals surface area (Å²) in [7, 11) is 2.35. The van der Waals surface area contributed by atoms with E-state index in [0.29, 0.717) is 6.04 Å². The third-order valence-corrected chi connectivity index (χ3v) is 6.45. The highest BCUT2D eigenvalue weighted by Gasteiger charge is 2.38. The zero-order chi connectivity index (χ0) is 15.2. The highest BCUT2D eigenvalue weighted by Crippen LogP contribution is 2.47. The fourth-order valence-corrected chi connectivity index (χ4v) is 4.95. The first-order valence-corrected chi connectivity index (χ1v) is 8.74. The molecule has 0 fully saturated rings. The van der Waals surface area contributed by atoms with Gasteiger partial charge in [0.25, 0.3) is 0 Å². The Bertz CT molecular complexity index is 827. The van der Waals surface area contributed by atoms with Crippen LogP contribution < -0.4 is 4.48 Å². The van der Waals surface area contributed by atoms with Gasteiger partial charge in [0.1, 0.15) is 17.6 Å². The molecule has 3 aromatic rings. The Morgan fingerprint density at radius 2 is 1.64 bits per heavy atom. The lowest BCUT2D eigenvalue weighted by Crippen LogP contribution is -2.48. The second-order valence-corrected chi connectivity index (χ2v) is 7.21. The Hall–Kier alpha value is -1.77. The predicted octanol–water partition coefficient (Wildman–Crippen LogP) is 5.60. The summed E-state index contributed by atoms with van der Waals surface area (Å²) in [5.74, 6) is 1.08. The molecule has 1 nitrogen and oxygen atoms in total. The van der Waals surface area contributed by atoms with Crippen LogP contribution in [0.25, 0.3) is 10.8 Å². The molecular formula is C20H20NS+. The summed E-state index contributed by atoms with van der Waals surface area (Å²) < 4.78 is 0.955. The summed E-state index contributed by atoms with van der Waals surface area (Å²) in [4.78, 5) is 1.47. The molecule has 1 aliphatic heterocycles. The van der Waals surface area contributed by atoms with Gasteiger partial charge >= 0.3 is 0 Å². The largest absolute Gasteiger partial charge is 0.279 e. The molecule has 2 heteroatoms. The van der Waals surface area contributed by atoms with Crippen molar-refractivity contribution in [2.24, 2.45) is 0 Å². The van der Waals surface area contributed by atoms with Gasteiger partial charge in [-0.15, -0.1) is 0 Å². The first-order valence-electron chi connectivity index (χ1n) is 7.75. The van der Waals surface area contributed by atoms with E-state index in [2.05, 4.69) is 80.7 Å². The Kier molecular flexibility index (Phi) is 3.24. The van der Waals surface area contributed by atoms with Crippen LogP contribution in [-0.4, -0.2) is 12.9 Å². The van der Waals surface area contributed by atoms with Crippen molar-refractivity contribution in [3.63, 3.8) is 0 Å². The van der Waals surface area contributed by atoms with Crippen molar-refractivity contribution in [1.29, 1.82) is 0 Å². The highest BCUT2D eigenvalue weighted by atomic mass is 32.2. The van der Waals surface area contributed by atoms with Gasteiger partial charge in [-0.05, 0) is 29.8 Å². The summed E-state index contributed by atoms with van der Waals surface area (Å²) in [5.41, 5.74) is 2.86. The average Bonchev–Trinajstić information content (AvgIpc) is 2.58. The SMILES string of the molecule is CC1c2ccc3ccccc3c2SC[N+]1(C)c1ccccc1. The molecule has 0 bridgehead atoms. The van der Waals surface area contributed by atoms with Crippen molar-refractivity contribution in [1.82, 2.24) is 4.48 Å². The molecule has 2 atom stereocenters. The van der Waals surface area contributed by atoms with Gasteiger partial charge in [0.2, 0.25) is 0 Å². The van der Waals surface area contributed by atoms with Gasteiger partial charge in [-0.2, -0.15) is 0 Å². The van der Waals surface area contributed by atoms with Crippen LogP contribution in [0.2, 0.25) is 0 Å². The Balaban J connectivity index is 1.87. The third kappa shape index (κ3) is 1.98. The number of rotatable bonds is 1. The normalized spacial score (nSPS) is 24.2. The number of hydrogen-bond donors (Lipinski definition) is 0. The van der Waals surface area contributed by atoms with E-state index in [1.807, 2.05) is 11.8 Å². The fourth-order valence-electron chi connectivity index (χ4n) is 3.43. The number of benzene rings is 3. The molecule has 4 rings (SSSR count). The van der Waals surface area contributed by atoms with E-state index in [1.165, 1.54) is 26.9 Å². The minimum atomic E-state index is 0.461. The maximum atomic E-state index is 2.36. The molecule has 0 aliphatic carbocycles. The molecule has 0 spiro atoms. The maximum absolute atomic E-state index is 2.36. The first kappa shape index (κ1) is 13.9. The summed E-state index contributed by atoms with van der Waals surface area (Å²) >= 11 is 2.00. The number of thioether (sulfide) groups is 1. The molecule has 2 unspecified atom stereocenters. The van der Waals surface area contributed by atoms with E-state index >= 15 is 0 Å². The van der Waals surface area contributed by atoms with Crippen LogP contribution in [0.3, 0.4) is 0 Å².